The van der Waals surface area contributed by atoms with E-state index in [4.69, 9.17) is 4.74 Å². The molecular weight excluding hydrogens is 240 g/mol. The molecule has 1 rings (SSSR count). The van der Waals surface area contributed by atoms with Gasteiger partial charge in [0.15, 0.2) is 0 Å². The van der Waals surface area contributed by atoms with E-state index in [0.717, 1.165) is 23.4 Å². The molecule has 0 aliphatic heterocycles. The van der Waals surface area contributed by atoms with Crippen LogP contribution in [0.25, 0.3) is 0 Å². The topological polar surface area (TPSA) is 9.23 Å². The zero-order chi connectivity index (χ0) is 10.4. The molecule has 0 radical (unpaired) electrons. The minimum atomic E-state index is 0.739. The first-order valence-corrected chi connectivity index (χ1v) is 6.11. The van der Waals surface area contributed by atoms with E-state index in [2.05, 4.69) is 35.0 Å². The fraction of sp³-hybridized carbons (Fsp3) is 0.500. The van der Waals surface area contributed by atoms with E-state index in [1.54, 1.807) is 7.11 Å². The van der Waals surface area contributed by atoms with Crippen LogP contribution in [0.15, 0.2) is 24.3 Å². The van der Waals surface area contributed by atoms with Gasteiger partial charge >= 0.3 is 0 Å². The summed E-state index contributed by atoms with van der Waals surface area (Å²) < 4.78 is 5.12. The molecule has 1 aromatic rings. The molecule has 0 fully saturated rings. The van der Waals surface area contributed by atoms with Crippen molar-refractivity contribution in [1.82, 2.24) is 0 Å². The van der Waals surface area contributed by atoms with Crippen LogP contribution in [0.5, 0.6) is 5.75 Å². The molecule has 2 heteroatoms. The molecule has 78 valence electrons. The highest BCUT2D eigenvalue weighted by molar-refractivity contribution is 9.09. The molecule has 0 bridgehead atoms. The Morgan fingerprint density at radius 1 is 1.29 bits per heavy atom. The van der Waals surface area contributed by atoms with E-state index >= 15 is 0 Å². The molecule has 0 saturated carbocycles. The maximum Gasteiger partial charge on any atom is 0.118 e. The summed E-state index contributed by atoms with van der Waals surface area (Å²) in [6.07, 6.45) is 2.36. The number of halogens is 1. The second-order valence-electron chi connectivity index (χ2n) is 3.48. The van der Waals surface area contributed by atoms with Gasteiger partial charge in [-0.2, -0.15) is 0 Å². The second-order valence-corrected chi connectivity index (χ2v) is 4.13. The molecule has 1 atom stereocenters. The Bertz CT molecular complexity index is 252. The fourth-order valence-electron chi connectivity index (χ4n) is 1.40. The quantitative estimate of drug-likeness (QED) is 0.731. The third kappa shape index (κ3) is 3.33. The molecule has 1 unspecified atom stereocenters. The molecule has 0 spiro atoms. The predicted molar refractivity (Wildman–Crippen MR) is 64.3 cm³/mol. The summed E-state index contributed by atoms with van der Waals surface area (Å²) in [6.45, 7) is 2.23. The van der Waals surface area contributed by atoms with Crippen LogP contribution < -0.4 is 4.74 Å². The minimum Gasteiger partial charge on any atom is -0.497 e. The van der Waals surface area contributed by atoms with E-state index in [1.165, 1.54) is 12.0 Å². The van der Waals surface area contributed by atoms with E-state index in [0.29, 0.717) is 0 Å². The number of hydrogen-bond donors (Lipinski definition) is 0. The van der Waals surface area contributed by atoms with Gasteiger partial charge < -0.3 is 4.74 Å². The van der Waals surface area contributed by atoms with E-state index < -0.39 is 0 Å². The maximum atomic E-state index is 5.12. The minimum absolute atomic E-state index is 0.739. The van der Waals surface area contributed by atoms with Gasteiger partial charge in [0.2, 0.25) is 0 Å². The monoisotopic (exact) mass is 256 g/mol. The first-order chi connectivity index (χ1) is 6.80. The second kappa shape index (κ2) is 6.07. The van der Waals surface area contributed by atoms with E-state index in [-0.39, 0.29) is 0 Å². The molecule has 0 aliphatic carbocycles. The Balaban J connectivity index is 2.58. The standard InChI is InChI=1S/C12H17BrO/c1-3-10(9-13)8-11-4-6-12(14-2)7-5-11/h4-7,10H,3,8-9H2,1-2H3. The number of alkyl halides is 1. The SMILES string of the molecule is CCC(CBr)Cc1ccc(OC)cc1. The van der Waals surface area contributed by atoms with Gasteiger partial charge in [-0.3, -0.25) is 0 Å². The zero-order valence-corrected chi connectivity index (χ0v) is 10.4. The Morgan fingerprint density at radius 2 is 1.93 bits per heavy atom. The highest BCUT2D eigenvalue weighted by atomic mass is 79.9. The van der Waals surface area contributed by atoms with Crippen molar-refractivity contribution in [2.45, 2.75) is 19.8 Å². The van der Waals surface area contributed by atoms with Crippen LogP contribution in [-0.4, -0.2) is 12.4 Å². The molecule has 0 aliphatic rings. The van der Waals surface area contributed by atoms with Crippen molar-refractivity contribution >= 4 is 15.9 Å². The summed E-state index contributed by atoms with van der Waals surface area (Å²) in [5.41, 5.74) is 1.39. The van der Waals surface area contributed by atoms with Crippen molar-refractivity contribution in [2.75, 3.05) is 12.4 Å². The highest BCUT2D eigenvalue weighted by Crippen LogP contribution is 2.17. The maximum absolute atomic E-state index is 5.12. The van der Waals surface area contributed by atoms with E-state index in [9.17, 15) is 0 Å². The number of hydrogen-bond acceptors (Lipinski definition) is 1. The average Bonchev–Trinajstić information content (AvgIpc) is 2.26. The Labute approximate surface area is 94.6 Å². The van der Waals surface area contributed by atoms with Gasteiger partial charge in [-0.15, -0.1) is 0 Å². The van der Waals surface area contributed by atoms with Crippen LogP contribution in [0.3, 0.4) is 0 Å². The van der Waals surface area contributed by atoms with Gasteiger partial charge in [0.25, 0.3) is 0 Å². The van der Waals surface area contributed by atoms with Crippen molar-refractivity contribution in [3.8, 4) is 5.75 Å². The fourth-order valence-corrected chi connectivity index (χ4v) is 2.09. The average molecular weight is 257 g/mol. The van der Waals surface area contributed by atoms with Gasteiger partial charge in [-0.05, 0) is 30.0 Å². The van der Waals surface area contributed by atoms with Crippen LogP contribution in [0.1, 0.15) is 18.9 Å². The summed E-state index contributed by atoms with van der Waals surface area (Å²) in [7, 11) is 1.70. The first kappa shape index (κ1) is 11.6. The number of methoxy groups -OCH3 is 1. The van der Waals surface area contributed by atoms with Crippen molar-refractivity contribution in [1.29, 1.82) is 0 Å². The molecule has 1 aromatic carbocycles. The largest absolute Gasteiger partial charge is 0.497 e. The number of rotatable bonds is 5. The molecule has 1 nitrogen and oxygen atoms in total. The van der Waals surface area contributed by atoms with Crippen LogP contribution >= 0.6 is 15.9 Å². The molecule has 0 amide bonds. The van der Waals surface area contributed by atoms with Gasteiger partial charge in [0, 0.05) is 5.33 Å². The number of ether oxygens (including phenoxy) is 1. The lowest BCUT2D eigenvalue weighted by molar-refractivity contribution is 0.414. The Kier molecular flexibility index (Phi) is 5.02. The summed E-state index contributed by atoms with van der Waals surface area (Å²) in [6, 6.07) is 8.33. The van der Waals surface area contributed by atoms with Crippen molar-refractivity contribution in [3.05, 3.63) is 29.8 Å². The third-order valence-corrected chi connectivity index (χ3v) is 3.39. The molecular formula is C12H17BrO. The number of benzene rings is 1. The molecule has 0 aromatic heterocycles. The summed E-state index contributed by atoms with van der Waals surface area (Å²) in [5.74, 6) is 1.67. The van der Waals surface area contributed by atoms with Gasteiger partial charge in [0.05, 0.1) is 7.11 Å². The molecule has 14 heavy (non-hydrogen) atoms. The Hall–Kier alpha value is -0.500. The summed E-state index contributed by atoms with van der Waals surface area (Å²) in [4.78, 5) is 0. The third-order valence-electron chi connectivity index (χ3n) is 2.48. The smallest absolute Gasteiger partial charge is 0.118 e. The molecule has 0 N–H and O–H groups in total. The van der Waals surface area contributed by atoms with Gasteiger partial charge in [0.1, 0.15) is 5.75 Å². The van der Waals surface area contributed by atoms with Crippen molar-refractivity contribution < 1.29 is 4.74 Å². The Morgan fingerprint density at radius 3 is 2.36 bits per heavy atom. The lowest BCUT2D eigenvalue weighted by Crippen LogP contribution is -2.04. The lowest BCUT2D eigenvalue weighted by atomic mass is 9.99. The lowest BCUT2D eigenvalue weighted by Gasteiger charge is -2.11. The van der Waals surface area contributed by atoms with Crippen LogP contribution in [-0.2, 0) is 6.42 Å². The van der Waals surface area contributed by atoms with Crippen LogP contribution in [0.4, 0.5) is 0 Å². The van der Waals surface area contributed by atoms with Crippen LogP contribution in [0, 0.1) is 5.92 Å². The van der Waals surface area contributed by atoms with E-state index in [1.807, 2.05) is 12.1 Å². The van der Waals surface area contributed by atoms with Crippen molar-refractivity contribution in [3.63, 3.8) is 0 Å². The van der Waals surface area contributed by atoms with Crippen LogP contribution in [0.2, 0.25) is 0 Å². The van der Waals surface area contributed by atoms with Gasteiger partial charge in [-0.1, -0.05) is 41.4 Å². The summed E-state index contributed by atoms with van der Waals surface area (Å²) in [5, 5.41) is 1.08. The normalized spacial score (nSPS) is 12.5. The predicted octanol–water partition coefficient (Wildman–Crippen LogP) is 3.66. The zero-order valence-electron chi connectivity index (χ0n) is 8.79. The van der Waals surface area contributed by atoms with Gasteiger partial charge in [-0.25, -0.2) is 0 Å². The highest BCUT2D eigenvalue weighted by Gasteiger charge is 2.05. The summed E-state index contributed by atoms with van der Waals surface area (Å²) >= 11 is 3.54. The first-order valence-electron chi connectivity index (χ1n) is 4.99. The molecule has 0 saturated heterocycles. The molecule has 0 heterocycles. The van der Waals surface area contributed by atoms with Crippen molar-refractivity contribution in [2.24, 2.45) is 5.92 Å².